The molecule has 24 heavy (non-hydrogen) atoms. The third kappa shape index (κ3) is 4.76. The van der Waals surface area contributed by atoms with Crippen LogP contribution in [0.15, 0.2) is 36.4 Å². The van der Waals surface area contributed by atoms with Gasteiger partial charge in [0.15, 0.2) is 11.6 Å². The molecule has 0 saturated carbocycles. The number of methoxy groups -OCH3 is 1. The van der Waals surface area contributed by atoms with E-state index in [0.717, 1.165) is 5.56 Å². The zero-order valence-electron chi connectivity index (χ0n) is 13.9. The van der Waals surface area contributed by atoms with Crippen molar-refractivity contribution in [1.82, 2.24) is 4.90 Å². The van der Waals surface area contributed by atoms with Gasteiger partial charge in [0, 0.05) is 12.2 Å². The first-order chi connectivity index (χ1) is 11.4. The number of halogens is 2. The van der Waals surface area contributed by atoms with Crippen LogP contribution >= 0.6 is 0 Å². The van der Waals surface area contributed by atoms with Crippen LogP contribution in [0.25, 0.3) is 0 Å². The maximum absolute atomic E-state index is 13.7. The molecule has 1 N–H and O–H groups in total. The van der Waals surface area contributed by atoms with Crippen LogP contribution in [0.3, 0.4) is 0 Å². The van der Waals surface area contributed by atoms with E-state index in [0.29, 0.717) is 17.8 Å². The summed E-state index contributed by atoms with van der Waals surface area (Å²) in [5.41, 5.74) is 1.66. The number of ether oxygens (including phenoxy) is 1. The number of aryl methyl sites for hydroxylation is 1. The number of nitrogens with zero attached hydrogens (tertiary/aromatic N) is 1. The molecule has 6 heteroatoms. The molecular weight excluding hydrogens is 314 g/mol. The molecule has 0 aliphatic heterocycles. The Balaban J connectivity index is 1.91. The van der Waals surface area contributed by atoms with Crippen molar-refractivity contribution in [3.05, 3.63) is 59.2 Å². The first-order valence-electron chi connectivity index (χ1n) is 7.46. The average Bonchev–Trinajstić information content (AvgIpc) is 2.51. The summed E-state index contributed by atoms with van der Waals surface area (Å²) in [5.74, 6) is -0.895. The van der Waals surface area contributed by atoms with Gasteiger partial charge in [-0.25, -0.2) is 8.78 Å². The fraction of sp³-hybridized carbons (Fsp3) is 0.278. The second kappa shape index (κ2) is 7.88. The minimum absolute atomic E-state index is 0.100. The van der Waals surface area contributed by atoms with Gasteiger partial charge in [0.2, 0.25) is 5.91 Å². The molecule has 0 saturated heterocycles. The Morgan fingerprint density at radius 1 is 1.17 bits per heavy atom. The number of nitrogens with one attached hydrogen (secondary N) is 1. The summed E-state index contributed by atoms with van der Waals surface area (Å²) in [6, 6.07) is 9.21. The van der Waals surface area contributed by atoms with Gasteiger partial charge in [-0.3, -0.25) is 9.69 Å². The first kappa shape index (κ1) is 17.9. The normalized spacial score (nSPS) is 10.8. The molecule has 0 fully saturated rings. The van der Waals surface area contributed by atoms with Crippen LogP contribution in [0.2, 0.25) is 0 Å². The largest absolute Gasteiger partial charge is 0.494 e. The number of hydrogen-bond acceptors (Lipinski definition) is 3. The van der Waals surface area contributed by atoms with Crippen molar-refractivity contribution in [2.24, 2.45) is 0 Å². The maximum atomic E-state index is 13.7. The van der Waals surface area contributed by atoms with Crippen LogP contribution in [0.5, 0.6) is 5.75 Å². The Kier molecular flexibility index (Phi) is 5.87. The van der Waals surface area contributed by atoms with Crippen molar-refractivity contribution in [3.8, 4) is 5.75 Å². The summed E-state index contributed by atoms with van der Waals surface area (Å²) in [6.45, 7) is 2.16. The van der Waals surface area contributed by atoms with Crippen molar-refractivity contribution in [2.75, 3.05) is 26.0 Å². The summed E-state index contributed by atoms with van der Waals surface area (Å²) in [7, 11) is 3.15. The Morgan fingerprint density at radius 3 is 2.54 bits per heavy atom. The molecule has 0 bridgehead atoms. The number of likely N-dealkylation sites (N-methyl/N-ethyl adjacent to an activating group) is 1. The highest BCUT2D eigenvalue weighted by atomic mass is 19.1. The summed E-state index contributed by atoms with van der Waals surface area (Å²) < 4.78 is 32.0. The van der Waals surface area contributed by atoms with E-state index in [2.05, 4.69) is 5.32 Å². The quantitative estimate of drug-likeness (QED) is 0.881. The van der Waals surface area contributed by atoms with E-state index in [1.165, 1.54) is 19.2 Å². The van der Waals surface area contributed by atoms with Gasteiger partial charge in [0.05, 0.1) is 13.7 Å². The fourth-order valence-corrected chi connectivity index (χ4v) is 2.29. The minimum Gasteiger partial charge on any atom is -0.494 e. The topological polar surface area (TPSA) is 41.6 Å². The maximum Gasteiger partial charge on any atom is 0.238 e. The molecule has 2 aromatic rings. The van der Waals surface area contributed by atoms with Crippen molar-refractivity contribution in [2.45, 2.75) is 13.5 Å². The van der Waals surface area contributed by atoms with Gasteiger partial charge in [-0.15, -0.1) is 0 Å². The van der Waals surface area contributed by atoms with Crippen LogP contribution in [-0.4, -0.2) is 31.5 Å². The highest BCUT2D eigenvalue weighted by Gasteiger charge is 2.10. The molecule has 2 aromatic carbocycles. The number of hydrogen-bond donors (Lipinski definition) is 1. The van der Waals surface area contributed by atoms with E-state index >= 15 is 0 Å². The Labute approximate surface area is 140 Å². The van der Waals surface area contributed by atoms with Crippen molar-refractivity contribution in [1.29, 1.82) is 0 Å². The lowest BCUT2D eigenvalue weighted by molar-refractivity contribution is -0.117. The smallest absolute Gasteiger partial charge is 0.238 e. The van der Waals surface area contributed by atoms with Crippen LogP contribution in [0.1, 0.15) is 11.1 Å². The molecule has 0 spiro atoms. The number of carbonyl (C=O) groups is 1. The molecule has 0 aliphatic carbocycles. The fourth-order valence-electron chi connectivity index (χ4n) is 2.29. The summed E-state index contributed by atoms with van der Waals surface area (Å²) >= 11 is 0. The third-order valence-electron chi connectivity index (χ3n) is 3.54. The van der Waals surface area contributed by atoms with Crippen LogP contribution in [-0.2, 0) is 11.3 Å². The monoisotopic (exact) mass is 334 g/mol. The summed E-state index contributed by atoms with van der Waals surface area (Å²) in [4.78, 5) is 13.7. The highest BCUT2D eigenvalue weighted by Crippen LogP contribution is 2.18. The Morgan fingerprint density at radius 2 is 1.92 bits per heavy atom. The predicted molar refractivity (Wildman–Crippen MR) is 89.1 cm³/mol. The Bertz CT molecular complexity index is 735. The van der Waals surface area contributed by atoms with E-state index in [1.54, 1.807) is 43.1 Å². The second-order valence-corrected chi connectivity index (χ2v) is 5.65. The number of rotatable bonds is 6. The SMILES string of the molecule is COc1ccc(CN(C)CC(=O)Nc2ccc(C)c(F)c2)cc1F. The molecule has 0 unspecified atom stereocenters. The molecule has 1 amide bonds. The van der Waals surface area contributed by atoms with Gasteiger partial charge in [-0.05, 0) is 49.4 Å². The molecule has 0 heterocycles. The van der Waals surface area contributed by atoms with Crippen molar-refractivity contribution in [3.63, 3.8) is 0 Å². The second-order valence-electron chi connectivity index (χ2n) is 5.65. The highest BCUT2D eigenvalue weighted by molar-refractivity contribution is 5.92. The van der Waals surface area contributed by atoms with Crippen molar-refractivity contribution >= 4 is 11.6 Å². The van der Waals surface area contributed by atoms with Gasteiger partial charge in [0.25, 0.3) is 0 Å². The van der Waals surface area contributed by atoms with Gasteiger partial charge in [0.1, 0.15) is 5.82 Å². The van der Waals surface area contributed by atoms with Crippen LogP contribution < -0.4 is 10.1 Å². The van der Waals surface area contributed by atoms with Gasteiger partial charge < -0.3 is 10.1 Å². The number of benzene rings is 2. The molecule has 4 nitrogen and oxygen atoms in total. The number of anilines is 1. The average molecular weight is 334 g/mol. The predicted octanol–water partition coefficient (Wildman–Crippen LogP) is 3.35. The number of carbonyl (C=O) groups excluding carboxylic acids is 1. The summed E-state index contributed by atoms with van der Waals surface area (Å²) in [5, 5.41) is 2.64. The van der Waals surface area contributed by atoms with Gasteiger partial charge in [-0.1, -0.05) is 12.1 Å². The molecule has 0 atom stereocenters. The molecule has 2 rings (SSSR count). The summed E-state index contributed by atoms with van der Waals surface area (Å²) in [6.07, 6.45) is 0. The van der Waals surface area contributed by atoms with E-state index in [4.69, 9.17) is 4.74 Å². The lowest BCUT2D eigenvalue weighted by atomic mass is 10.2. The lowest BCUT2D eigenvalue weighted by Gasteiger charge is -2.17. The van der Waals surface area contributed by atoms with Crippen molar-refractivity contribution < 1.29 is 18.3 Å². The minimum atomic E-state index is -0.442. The van der Waals surface area contributed by atoms with E-state index in [9.17, 15) is 13.6 Å². The van der Waals surface area contributed by atoms with Crippen LogP contribution in [0, 0.1) is 18.6 Å². The molecule has 128 valence electrons. The van der Waals surface area contributed by atoms with Gasteiger partial charge in [-0.2, -0.15) is 0 Å². The van der Waals surface area contributed by atoms with Crippen LogP contribution in [0.4, 0.5) is 14.5 Å². The van der Waals surface area contributed by atoms with E-state index < -0.39 is 5.82 Å². The third-order valence-corrected chi connectivity index (χ3v) is 3.54. The number of amides is 1. The molecule has 0 aromatic heterocycles. The Hall–Kier alpha value is -2.47. The van der Waals surface area contributed by atoms with Gasteiger partial charge >= 0.3 is 0 Å². The molecular formula is C18H20F2N2O2. The molecule has 0 aliphatic rings. The van der Waals surface area contributed by atoms with E-state index in [1.807, 2.05) is 0 Å². The molecule has 0 radical (unpaired) electrons. The van der Waals surface area contributed by atoms with E-state index in [-0.39, 0.29) is 24.0 Å². The zero-order valence-corrected chi connectivity index (χ0v) is 13.9. The lowest BCUT2D eigenvalue weighted by Crippen LogP contribution is -2.29. The first-order valence-corrected chi connectivity index (χ1v) is 7.46. The standard InChI is InChI=1S/C18H20F2N2O2/c1-12-4-6-14(9-15(12)19)21-18(23)11-22(2)10-13-5-7-17(24-3)16(20)8-13/h4-9H,10-11H2,1-3H3,(H,21,23). The zero-order chi connectivity index (χ0) is 17.7.